The van der Waals surface area contributed by atoms with Crippen LogP contribution in [0.5, 0.6) is 0 Å². The normalized spacial score (nSPS) is 13.9. The average Bonchev–Trinajstić information content (AvgIpc) is 2.58. The predicted molar refractivity (Wildman–Crippen MR) is 99.1 cm³/mol. The molecule has 0 saturated heterocycles. The van der Waals surface area contributed by atoms with Crippen LogP contribution in [0.25, 0.3) is 11.1 Å². The third kappa shape index (κ3) is 4.75. The highest BCUT2D eigenvalue weighted by Crippen LogP contribution is 2.40. The SMILES string of the molecule is CCOC(=O)C[C@@](C)(N)c1cc(-c2c(C)ccc(F)c2C)cc(C(F)(F)F)c1F. The van der Waals surface area contributed by atoms with E-state index in [0.717, 1.165) is 6.07 Å². The molecule has 3 nitrogen and oxygen atoms in total. The zero-order valence-electron chi connectivity index (χ0n) is 16.5. The monoisotopic (exact) mass is 415 g/mol. The van der Waals surface area contributed by atoms with Crippen molar-refractivity contribution in [2.24, 2.45) is 5.73 Å². The summed E-state index contributed by atoms with van der Waals surface area (Å²) < 4.78 is 74.3. The van der Waals surface area contributed by atoms with Gasteiger partial charge in [0.2, 0.25) is 0 Å². The van der Waals surface area contributed by atoms with Crippen LogP contribution in [0.3, 0.4) is 0 Å². The van der Waals surface area contributed by atoms with Gasteiger partial charge in [0.1, 0.15) is 11.6 Å². The van der Waals surface area contributed by atoms with Gasteiger partial charge < -0.3 is 10.5 Å². The number of carbonyl (C=O) groups is 1. The van der Waals surface area contributed by atoms with E-state index in [1.54, 1.807) is 13.8 Å². The summed E-state index contributed by atoms with van der Waals surface area (Å²) in [6.07, 6.45) is -5.54. The lowest BCUT2D eigenvalue weighted by Gasteiger charge is -2.27. The molecule has 1 atom stereocenters. The van der Waals surface area contributed by atoms with Gasteiger partial charge in [0.25, 0.3) is 0 Å². The van der Waals surface area contributed by atoms with Crippen molar-refractivity contribution in [2.75, 3.05) is 6.61 Å². The number of alkyl halides is 3. The van der Waals surface area contributed by atoms with E-state index in [1.165, 1.54) is 26.0 Å². The Morgan fingerprint density at radius 3 is 2.24 bits per heavy atom. The van der Waals surface area contributed by atoms with Crippen LogP contribution in [0.4, 0.5) is 22.0 Å². The second-order valence-electron chi connectivity index (χ2n) is 7.15. The topological polar surface area (TPSA) is 52.3 Å². The molecule has 158 valence electrons. The maximum absolute atomic E-state index is 14.9. The molecule has 0 saturated carbocycles. The lowest BCUT2D eigenvalue weighted by atomic mass is 9.84. The molecule has 0 amide bonds. The standard InChI is InChI=1S/C21H22F5NO2/c1-5-29-17(28)10-20(4,27)14-8-13(9-15(19(14)23)21(24,25)26)18-11(2)6-7-16(22)12(18)3/h6-9H,5,10,27H2,1-4H3/t20-/m1/s1. The van der Waals surface area contributed by atoms with E-state index in [0.29, 0.717) is 11.6 Å². The van der Waals surface area contributed by atoms with Crippen LogP contribution in [0.1, 0.15) is 42.5 Å². The van der Waals surface area contributed by atoms with E-state index < -0.39 is 46.9 Å². The summed E-state index contributed by atoms with van der Waals surface area (Å²) in [6.45, 7) is 5.89. The van der Waals surface area contributed by atoms with E-state index >= 15 is 0 Å². The molecule has 2 aromatic carbocycles. The first-order chi connectivity index (χ1) is 13.3. The maximum atomic E-state index is 14.9. The number of carbonyl (C=O) groups excluding carboxylic acids is 1. The molecule has 0 aliphatic carbocycles. The van der Waals surface area contributed by atoms with Crippen molar-refractivity contribution in [2.45, 2.75) is 45.8 Å². The molecule has 0 aromatic heterocycles. The highest BCUT2D eigenvalue weighted by atomic mass is 19.4. The molecule has 2 aromatic rings. The van der Waals surface area contributed by atoms with Gasteiger partial charge in [0.15, 0.2) is 0 Å². The third-order valence-electron chi connectivity index (χ3n) is 4.71. The number of esters is 1. The molecule has 0 radical (unpaired) electrons. The van der Waals surface area contributed by atoms with E-state index in [1.807, 2.05) is 0 Å². The minimum absolute atomic E-state index is 0.0382. The van der Waals surface area contributed by atoms with Gasteiger partial charge in [-0.25, -0.2) is 8.78 Å². The fourth-order valence-electron chi connectivity index (χ4n) is 3.26. The van der Waals surface area contributed by atoms with Crippen LogP contribution in [0.15, 0.2) is 24.3 Å². The van der Waals surface area contributed by atoms with Gasteiger partial charge in [-0.3, -0.25) is 4.79 Å². The molecular weight excluding hydrogens is 393 g/mol. The second-order valence-corrected chi connectivity index (χ2v) is 7.15. The number of ether oxygens (including phenoxy) is 1. The van der Waals surface area contributed by atoms with Crippen molar-refractivity contribution in [1.29, 1.82) is 0 Å². The Morgan fingerprint density at radius 1 is 1.10 bits per heavy atom. The molecular formula is C21H22F5NO2. The maximum Gasteiger partial charge on any atom is 0.419 e. The molecule has 0 spiro atoms. The van der Waals surface area contributed by atoms with Crippen molar-refractivity contribution in [3.63, 3.8) is 0 Å². The smallest absolute Gasteiger partial charge is 0.419 e. The van der Waals surface area contributed by atoms with Crippen molar-refractivity contribution in [1.82, 2.24) is 0 Å². The van der Waals surface area contributed by atoms with Crippen LogP contribution in [0, 0.1) is 25.5 Å². The van der Waals surface area contributed by atoms with Crippen LogP contribution in [-0.2, 0) is 21.2 Å². The Balaban J connectivity index is 2.78. The molecule has 2 N–H and O–H groups in total. The lowest BCUT2D eigenvalue weighted by molar-refractivity contribution is -0.144. The third-order valence-corrected chi connectivity index (χ3v) is 4.71. The zero-order valence-corrected chi connectivity index (χ0v) is 16.5. The lowest BCUT2D eigenvalue weighted by Crippen LogP contribution is -2.37. The summed E-state index contributed by atoms with van der Waals surface area (Å²) in [5, 5.41) is 0. The van der Waals surface area contributed by atoms with Crippen molar-refractivity contribution >= 4 is 5.97 Å². The number of hydrogen-bond donors (Lipinski definition) is 1. The summed E-state index contributed by atoms with van der Waals surface area (Å²) >= 11 is 0. The minimum atomic E-state index is -5.01. The largest absolute Gasteiger partial charge is 0.466 e. The summed E-state index contributed by atoms with van der Waals surface area (Å²) in [4.78, 5) is 11.8. The average molecular weight is 415 g/mol. The van der Waals surface area contributed by atoms with E-state index in [4.69, 9.17) is 10.5 Å². The molecule has 29 heavy (non-hydrogen) atoms. The van der Waals surface area contributed by atoms with Gasteiger partial charge in [0.05, 0.1) is 24.1 Å². The fraction of sp³-hybridized carbons (Fsp3) is 0.381. The van der Waals surface area contributed by atoms with E-state index in [-0.39, 0.29) is 23.3 Å². The van der Waals surface area contributed by atoms with Gasteiger partial charge in [0, 0.05) is 5.56 Å². The Labute approximate surface area is 165 Å². The fourth-order valence-corrected chi connectivity index (χ4v) is 3.26. The zero-order chi connectivity index (χ0) is 22.1. The predicted octanol–water partition coefficient (Wildman–Crippen LogP) is 5.39. The quantitative estimate of drug-likeness (QED) is 0.526. The molecule has 0 heterocycles. The summed E-state index contributed by atoms with van der Waals surface area (Å²) in [7, 11) is 0. The number of aryl methyl sites for hydroxylation is 1. The molecule has 0 fully saturated rings. The Hall–Kier alpha value is -2.48. The Bertz CT molecular complexity index is 936. The van der Waals surface area contributed by atoms with Gasteiger partial charge in [-0.1, -0.05) is 6.07 Å². The second kappa shape index (κ2) is 8.10. The number of benzene rings is 2. The summed E-state index contributed by atoms with van der Waals surface area (Å²) in [5.41, 5.74) is 3.05. The number of halogens is 5. The van der Waals surface area contributed by atoms with Crippen molar-refractivity contribution < 1.29 is 31.5 Å². The number of nitrogens with two attached hydrogens (primary N) is 1. The highest BCUT2D eigenvalue weighted by molar-refractivity contribution is 5.74. The van der Waals surface area contributed by atoms with Gasteiger partial charge >= 0.3 is 12.1 Å². The Kier molecular flexibility index (Phi) is 6.37. The first-order valence-corrected chi connectivity index (χ1v) is 8.91. The van der Waals surface area contributed by atoms with Gasteiger partial charge in [-0.05, 0) is 68.1 Å². The Morgan fingerprint density at radius 2 is 1.69 bits per heavy atom. The minimum Gasteiger partial charge on any atom is -0.466 e. The molecule has 2 rings (SSSR count). The first-order valence-electron chi connectivity index (χ1n) is 8.91. The van der Waals surface area contributed by atoms with Crippen molar-refractivity contribution in [3.05, 3.63) is 58.2 Å². The molecule has 0 bridgehead atoms. The van der Waals surface area contributed by atoms with Gasteiger partial charge in [-0.2, -0.15) is 13.2 Å². The van der Waals surface area contributed by atoms with Crippen LogP contribution >= 0.6 is 0 Å². The van der Waals surface area contributed by atoms with Crippen molar-refractivity contribution in [3.8, 4) is 11.1 Å². The van der Waals surface area contributed by atoms with Crippen LogP contribution < -0.4 is 5.73 Å². The molecule has 0 aliphatic heterocycles. The van der Waals surface area contributed by atoms with Gasteiger partial charge in [-0.15, -0.1) is 0 Å². The van der Waals surface area contributed by atoms with Crippen LogP contribution in [-0.4, -0.2) is 12.6 Å². The number of rotatable bonds is 5. The molecule has 8 heteroatoms. The van der Waals surface area contributed by atoms with Crippen LogP contribution in [0.2, 0.25) is 0 Å². The first kappa shape index (κ1) is 22.8. The summed E-state index contributed by atoms with van der Waals surface area (Å²) in [6, 6.07) is 4.40. The molecule has 0 aliphatic rings. The van der Waals surface area contributed by atoms with E-state index in [9.17, 15) is 26.7 Å². The highest BCUT2D eigenvalue weighted by Gasteiger charge is 2.39. The summed E-state index contributed by atoms with van der Waals surface area (Å²) in [5.74, 6) is -2.94. The molecule has 0 unspecified atom stereocenters. The number of hydrogen-bond acceptors (Lipinski definition) is 3. The van der Waals surface area contributed by atoms with E-state index in [2.05, 4.69) is 0 Å².